The van der Waals surface area contributed by atoms with Crippen molar-refractivity contribution in [2.75, 3.05) is 13.2 Å². The number of hydrogen-bond acceptors (Lipinski definition) is 4. The lowest BCUT2D eigenvalue weighted by molar-refractivity contribution is -0.162. The molecule has 0 aromatic heterocycles. The average molecular weight is 413 g/mol. The molecule has 1 fully saturated rings. The first-order chi connectivity index (χ1) is 14.3. The summed E-state index contributed by atoms with van der Waals surface area (Å²) in [6.45, 7) is 1.52. The summed E-state index contributed by atoms with van der Waals surface area (Å²) in [5.41, 5.74) is 1.15. The van der Waals surface area contributed by atoms with E-state index < -0.39 is 6.10 Å². The van der Waals surface area contributed by atoms with Gasteiger partial charge < -0.3 is 14.6 Å². The molecule has 1 N–H and O–H groups in total. The zero-order chi connectivity index (χ0) is 20.2. The summed E-state index contributed by atoms with van der Waals surface area (Å²) in [4.78, 5) is 1.17. The second-order valence-corrected chi connectivity index (χ2v) is 8.65. The van der Waals surface area contributed by atoms with Gasteiger partial charge in [-0.15, -0.1) is 11.8 Å². The van der Waals surface area contributed by atoms with E-state index in [1.165, 1.54) is 11.3 Å². The van der Waals surface area contributed by atoms with Crippen molar-refractivity contribution in [3.8, 4) is 0 Å². The van der Waals surface area contributed by atoms with Crippen molar-refractivity contribution in [1.29, 1.82) is 0 Å². The molecule has 3 rings (SSSR count). The molecule has 0 amide bonds. The Labute approximate surface area is 179 Å². The molecule has 0 saturated carbocycles. The minimum absolute atomic E-state index is 0.0141. The van der Waals surface area contributed by atoms with Gasteiger partial charge in [0, 0.05) is 18.1 Å². The van der Waals surface area contributed by atoms with Gasteiger partial charge in [-0.05, 0) is 56.2 Å². The summed E-state index contributed by atoms with van der Waals surface area (Å²) < 4.78 is 11.4. The van der Waals surface area contributed by atoms with Gasteiger partial charge in [0.05, 0.1) is 11.4 Å². The Kier molecular flexibility index (Phi) is 9.80. The highest BCUT2D eigenvalue weighted by Gasteiger charge is 2.18. The Bertz CT molecular complexity index is 699. The summed E-state index contributed by atoms with van der Waals surface area (Å²) in [5.74, 6) is 0. The second-order valence-electron chi connectivity index (χ2n) is 7.40. The Morgan fingerprint density at radius 1 is 1.03 bits per heavy atom. The average Bonchev–Trinajstić information content (AvgIpc) is 2.78. The number of hydrogen-bond donors (Lipinski definition) is 1. The molecular weight excluding hydrogens is 380 g/mol. The van der Waals surface area contributed by atoms with Gasteiger partial charge in [0.2, 0.25) is 0 Å². The summed E-state index contributed by atoms with van der Waals surface area (Å²) in [7, 11) is 0. The quantitative estimate of drug-likeness (QED) is 0.366. The highest BCUT2D eigenvalue weighted by molar-refractivity contribution is 8.00. The molecule has 1 aliphatic rings. The molecule has 0 radical (unpaired) electrons. The summed E-state index contributed by atoms with van der Waals surface area (Å²) in [6.07, 6.45) is 9.80. The van der Waals surface area contributed by atoms with Gasteiger partial charge >= 0.3 is 0 Å². The van der Waals surface area contributed by atoms with E-state index in [0.717, 1.165) is 44.3 Å². The van der Waals surface area contributed by atoms with Crippen LogP contribution in [0.4, 0.5) is 0 Å². The van der Waals surface area contributed by atoms with Crippen LogP contribution >= 0.6 is 11.8 Å². The number of ether oxygens (including phenoxy) is 2. The molecule has 0 aliphatic carbocycles. The molecule has 2 aromatic rings. The third-order valence-corrected chi connectivity index (χ3v) is 6.30. The van der Waals surface area contributed by atoms with E-state index in [9.17, 15) is 5.11 Å². The first-order valence-corrected chi connectivity index (χ1v) is 11.6. The first kappa shape index (κ1) is 22.1. The molecule has 3 nitrogen and oxygen atoms in total. The van der Waals surface area contributed by atoms with E-state index >= 15 is 0 Å². The van der Waals surface area contributed by atoms with E-state index in [1.54, 1.807) is 11.8 Å². The van der Waals surface area contributed by atoms with Gasteiger partial charge in [-0.25, -0.2) is 0 Å². The zero-order valence-corrected chi connectivity index (χ0v) is 17.8. The highest BCUT2D eigenvalue weighted by atomic mass is 32.2. The number of unbranched alkanes of at least 4 members (excludes halogenated alkanes) is 1. The number of aliphatic hydroxyl groups is 1. The number of rotatable bonds is 11. The molecule has 4 heteroatoms. The van der Waals surface area contributed by atoms with Crippen LogP contribution in [0.15, 0.2) is 71.6 Å². The van der Waals surface area contributed by atoms with E-state index in [2.05, 4.69) is 36.4 Å². The highest BCUT2D eigenvalue weighted by Crippen LogP contribution is 2.28. The standard InChI is InChI=1S/C25H32O3S/c26-23(15-7-9-19-27-25-16-8-10-20-28-25)24(29-22-13-5-2-6-14-22)18-17-21-11-3-1-4-12-21/h1-6,11-14,17-18,23-26H,7-10,15-16,19-20H2/t23-,24+,25?/m0/s1. The van der Waals surface area contributed by atoms with E-state index in [4.69, 9.17) is 9.47 Å². The van der Waals surface area contributed by atoms with E-state index in [-0.39, 0.29) is 11.5 Å². The van der Waals surface area contributed by atoms with Gasteiger partial charge in [0.1, 0.15) is 0 Å². The van der Waals surface area contributed by atoms with E-state index in [0.29, 0.717) is 6.61 Å². The Hall–Kier alpha value is -1.59. The predicted molar refractivity (Wildman–Crippen MR) is 121 cm³/mol. The molecule has 29 heavy (non-hydrogen) atoms. The first-order valence-electron chi connectivity index (χ1n) is 10.7. The van der Waals surface area contributed by atoms with Gasteiger partial charge in [-0.2, -0.15) is 0 Å². The number of thioether (sulfide) groups is 1. The third kappa shape index (κ3) is 8.35. The molecule has 0 bridgehead atoms. The fourth-order valence-corrected chi connectivity index (χ4v) is 4.43. The second kappa shape index (κ2) is 12.9. The zero-order valence-electron chi connectivity index (χ0n) is 17.0. The van der Waals surface area contributed by atoms with Gasteiger partial charge in [-0.3, -0.25) is 0 Å². The Morgan fingerprint density at radius 3 is 2.52 bits per heavy atom. The molecular formula is C25H32O3S. The fourth-order valence-electron chi connectivity index (χ4n) is 3.35. The molecule has 3 atom stereocenters. The summed E-state index contributed by atoms with van der Waals surface area (Å²) in [6, 6.07) is 20.5. The molecule has 1 aliphatic heterocycles. The van der Waals surface area contributed by atoms with Crippen molar-refractivity contribution in [3.05, 3.63) is 72.3 Å². The van der Waals surface area contributed by atoms with Gasteiger partial charge in [0.25, 0.3) is 0 Å². The maximum absolute atomic E-state index is 10.9. The largest absolute Gasteiger partial charge is 0.392 e. The number of aliphatic hydroxyl groups excluding tert-OH is 1. The lowest BCUT2D eigenvalue weighted by Crippen LogP contribution is -2.23. The van der Waals surface area contributed by atoms with Crippen LogP contribution in [0, 0.1) is 0 Å². The smallest absolute Gasteiger partial charge is 0.157 e. The Morgan fingerprint density at radius 2 is 1.79 bits per heavy atom. The molecule has 1 saturated heterocycles. The summed E-state index contributed by atoms with van der Waals surface area (Å²) >= 11 is 1.71. The molecule has 156 valence electrons. The maximum Gasteiger partial charge on any atom is 0.157 e. The summed E-state index contributed by atoms with van der Waals surface area (Å²) in [5, 5.41) is 10.9. The van der Waals surface area contributed by atoms with Crippen LogP contribution in [0.3, 0.4) is 0 Å². The normalized spacial score (nSPS) is 19.3. The maximum atomic E-state index is 10.9. The van der Waals surface area contributed by atoms with Crippen LogP contribution in [-0.2, 0) is 9.47 Å². The molecule has 0 spiro atoms. The van der Waals surface area contributed by atoms with Crippen molar-refractivity contribution in [3.63, 3.8) is 0 Å². The monoisotopic (exact) mass is 412 g/mol. The van der Waals surface area contributed by atoms with Crippen molar-refractivity contribution in [1.82, 2.24) is 0 Å². The molecule has 2 aromatic carbocycles. The van der Waals surface area contributed by atoms with Crippen molar-refractivity contribution in [2.45, 2.75) is 61.1 Å². The minimum atomic E-state index is -0.397. The fraction of sp³-hybridized carbons (Fsp3) is 0.440. The predicted octanol–water partition coefficient (Wildman–Crippen LogP) is 5.94. The number of benzene rings is 2. The van der Waals surface area contributed by atoms with Crippen molar-refractivity contribution >= 4 is 17.8 Å². The topological polar surface area (TPSA) is 38.7 Å². The van der Waals surface area contributed by atoms with Crippen LogP contribution in [0.25, 0.3) is 6.08 Å². The lowest BCUT2D eigenvalue weighted by Gasteiger charge is -2.23. The van der Waals surface area contributed by atoms with Crippen LogP contribution in [-0.4, -0.2) is 36.0 Å². The van der Waals surface area contributed by atoms with Crippen molar-refractivity contribution in [2.24, 2.45) is 0 Å². The molecule has 1 unspecified atom stereocenters. The van der Waals surface area contributed by atoms with Crippen LogP contribution in [0.2, 0.25) is 0 Å². The SMILES string of the molecule is O[C@@H](CCCCOC1CCCCO1)[C@@H](C=Cc1ccccc1)Sc1ccccc1. The third-order valence-electron chi connectivity index (χ3n) is 5.01. The van der Waals surface area contributed by atoms with Gasteiger partial charge in [-0.1, -0.05) is 60.7 Å². The minimum Gasteiger partial charge on any atom is -0.392 e. The van der Waals surface area contributed by atoms with E-state index in [1.807, 2.05) is 36.4 Å². The van der Waals surface area contributed by atoms with Crippen LogP contribution < -0.4 is 0 Å². The van der Waals surface area contributed by atoms with Gasteiger partial charge in [0.15, 0.2) is 6.29 Å². The van der Waals surface area contributed by atoms with Crippen LogP contribution in [0.5, 0.6) is 0 Å². The lowest BCUT2D eigenvalue weighted by atomic mass is 10.1. The van der Waals surface area contributed by atoms with Crippen LogP contribution in [0.1, 0.15) is 44.1 Å². The Balaban J connectivity index is 1.48. The van der Waals surface area contributed by atoms with Crippen molar-refractivity contribution < 1.29 is 14.6 Å². The molecule has 1 heterocycles.